The quantitative estimate of drug-likeness (QED) is 0.873. The molecule has 2 N–H and O–H groups in total. The third kappa shape index (κ3) is 3.55. The van der Waals surface area contributed by atoms with Crippen LogP contribution in [-0.4, -0.2) is 47.0 Å². The van der Waals surface area contributed by atoms with Crippen molar-refractivity contribution in [1.29, 1.82) is 0 Å². The van der Waals surface area contributed by atoms with Crippen LogP contribution in [-0.2, 0) is 5.60 Å². The lowest BCUT2D eigenvalue weighted by Gasteiger charge is -2.39. The van der Waals surface area contributed by atoms with Crippen LogP contribution in [0.15, 0.2) is 40.9 Å². The molecular weight excluding hydrogens is 296 g/mol. The number of β-amino-alcohol motifs (C(OH)–C–C–N with tert-alkyl or cyclic N) is 1. The summed E-state index contributed by atoms with van der Waals surface area (Å²) in [6, 6.07) is 11.4. The van der Waals surface area contributed by atoms with Gasteiger partial charge in [0, 0.05) is 25.7 Å². The standard InChI is InChI=1S/C17H22N2O4/c1-22-16-11-15(23-18-16)14(20)12-19-9-7-17(21,8-10-19)13-5-3-2-4-6-13/h2-6,11,14,20-21H,7-10,12H2,1H3. The fourth-order valence-corrected chi connectivity index (χ4v) is 3.00. The number of rotatable bonds is 5. The number of hydrogen-bond acceptors (Lipinski definition) is 6. The van der Waals surface area contributed by atoms with E-state index in [1.165, 1.54) is 7.11 Å². The minimum Gasteiger partial charge on any atom is -0.479 e. The van der Waals surface area contributed by atoms with Crippen LogP contribution in [0.25, 0.3) is 0 Å². The minimum absolute atomic E-state index is 0.358. The molecule has 1 aliphatic rings. The van der Waals surface area contributed by atoms with Crippen molar-refractivity contribution in [3.8, 4) is 5.88 Å². The second-order valence-electron chi connectivity index (χ2n) is 5.99. The van der Waals surface area contributed by atoms with Crippen LogP contribution in [0, 0.1) is 0 Å². The second kappa shape index (κ2) is 6.70. The van der Waals surface area contributed by atoms with Gasteiger partial charge in [0.05, 0.1) is 12.7 Å². The van der Waals surface area contributed by atoms with E-state index in [0.717, 1.165) is 5.56 Å². The highest BCUT2D eigenvalue weighted by molar-refractivity contribution is 5.23. The van der Waals surface area contributed by atoms with Crippen molar-refractivity contribution in [2.45, 2.75) is 24.5 Å². The van der Waals surface area contributed by atoms with Gasteiger partial charge in [0.15, 0.2) is 5.76 Å². The molecule has 2 aromatic rings. The molecule has 3 rings (SSSR count). The molecule has 1 saturated heterocycles. The van der Waals surface area contributed by atoms with Crippen molar-refractivity contribution >= 4 is 0 Å². The molecule has 6 nitrogen and oxygen atoms in total. The van der Waals surface area contributed by atoms with Crippen LogP contribution >= 0.6 is 0 Å². The molecule has 0 amide bonds. The van der Waals surface area contributed by atoms with Crippen molar-refractivity contribution in [2.24, 2.45) is 0 Å². The molecule has 0 radical (unpaired) electrons. The number of methoxy groups -OCH3 is 1. The number of aliphatic hydroxyl groups excluding tert-OH is 1. The van der Waals surface area contributed by atoms with Gasteiger partial charge in [-0.1, -0.05) is 30.3 Å². The highest BCUT2D eigenvalue weighted by Gasteiger charge is 2.34. The molecule has 23 heavy (non-hydrogen) atoms. The molecule has 0 spiro atoms. The monoisotopic (exact) mass is 318 g/mol. The summed E-state index contributed by atoms with van der Waals surface area (Å²) in [6.45, 7) is 1.88. The fraction of sp³-hybridized carbons (Fsp3) is 0.471. The van der Waals surface area contributed by atoms with Crippen LogP contribution < -0.4 is 4.74 Å². The normalized spacial score (nSPS) is 19.4. The SMILES string of the molecule is COc1cc(C(O)CN2CCC(O)(c3ccccc3)CC2)on1. The Balaban J connectivity index is 1.56. The number of aliphatic hydroxyl groups is 2. The third-order valence-corrected chi connectivity index (χ3v) is 4.47. The molecule has 0 bridgehead atoms. The first-order chi connectivity index (χ1) is 11.1. The van der Waals surface area contributed by atoms with Gasteiger partial charge in [0.2, 0.25) is 0 Å². The summed E-state index contributed by atoms with van der Waals surface area (Å²) in [7, 11) is 1.50. The van der Waals surface area contributed by atoms with E-state index in [1.807, 2.05) is 30.3 Å². The Bertz CT molecular complexity index is 621. The zero-order chi connectivity index (χ0) is 16.3. The van der Waals surface area contributed by atoms with Crippen molar-refractivity contribution in [3.63, 3.8) is 0 Å². The molecule has 0 aliphatic carbocycles. The average molecular weight is 318 g/mol. The highest BCUT2D eigenvalue weighted by Crippen LogP contribution is 2.33. The van der Waals surface area contributed by atoms with Crippen LogP contribution in [0.5, 0.6) is 5.88 Å². The average Bonchev–Trinajstić information content (AvgIpc) is 3.07. The van der Waals surface area contributed by atoms with Crippen molar-refractivity contribution < 1.29 is 19.5 Å². The van der Waals surface area contributed by atoms with Gasteiger partial charge in [-0.05, 0) is 23.6 Å². The van der Waals surface area contributed by atoms with E-state index in [-0.39, 0.29) is 0 Å². The van der Waals surface area contributed by atoms with E-state index in [1.54, 1.807) is 6.07 Å². The molecule has 124 valence electrons. The Morgan fingerprint density at radius 3 is 2.61 bits per heavy atom. The molecular formula is C17H22N2O4. The van der Waals surface area contributed by atoms with Gasteiger partial charge in [-0.3, -0.25) is 0 Å². The Morgan fingerprint density at radius 2 is 2.00 bits per heavy atom. The molecule has 6 heteroatoms. The van der Waals surface area contributed by atoms with Gasteiger partial charge in [0.25, 0.3) is 5.88 Å². The topological polar surface area (TPSA) is 79.0 Å². The van der Waals surface area contributed by atoms with Gasteiger partial charge >= 0.3 is 0 Å². The summed E-state index contributed by atoms with van der Waals surface area (Å²) < 4.78 is 10.0. The lowest BCUT2D eigenvalue weighted by Crippen LogP contribution is -2.43. The maximum atomic E-state index is 10.8. The van der Waals surface area contributed by atoms with Crippen LogP contribution in [0.4, 0.5) is 0 Å². The van der Waals surface area contributed by atoms with E-state index in [9.17, 15) is 10.2 Å². The number of benzene rings is 1. The molecule has 1 aromatic heterocycles. The van der Waals surface area contributed by atoms with Gasteiger partial charge in [0.1, 0.15) is 6.10 Å². The van der Waals surface area contributed by atoms with Crippen molar-refractivity contribution in [1.82, 2.24) is 10.1 Å². The summed E-state index contributed by atoms with van der Waals surface area (Å²) in [4.78, 5) is 2.12. The third-order valence-electron chi connectivity index (χ3n) is 4.47. The summed E-state index contributed by atoms with van der Waals surface area (Å²) in [6.07, 6.45) is 0.529. The van der Waals surface area contributed by atoms with E-state index in [0.29, 0.717) is 44.1 Å². The van der Waals surface area contributed by atoms with Gasteiger partial charge in [-0.2, -0.15) is 0 Å². The van der Waals surface area contributed by atoms with Crippen LogP contribution in [0.2, 0.25) is 0 Å². The molecule has 1 aromatic carbocycles. The smallest absolute Gasteiger partial charge is 0.254 e. The summed E-state index contributed by atoms with van der Waals surface area (Å²) in [5.74, 6) is 0.752. The van der Waals surface area contributed by atoms with Crippen LogP contribution in [0.1, 0.15) is 30.3 Å². The van der Waals surface area contributed by atoms with E-state index < -0.39 is 11.7 Å². The largest absolute Gasteiger partial charge is 0.479 e. The minimum atomic E-state index is -0.780. The number of ether oxygens (including phenoxy) is 1. The number of aromatic nitrogens is 1. The van der Waals surface area contributed by atoms with E-state index in [4.69, 9.17) is 9.26 Å². The molecule has 0 saturated carbocycles. The lowest BCUT2D eigenvalue weighted by molar-refractivity contribution is -0.0362. The first-order valence-electron chi connectivity index (χ1n) is 7.80. The predicted molar refractivity (Wildman–Crippen MR) is 84.0 cm³/mol. The van der Waals surface area contributed by atoms with Crippen molar-refractivity contribution in [2.75, 3.05) is 26.7 Å². The molecule has 1 unspecified atom stereocenters. The molecule has 1 aliphatic heterocycles. The number of nitrogens with zero attached hydrogens (tertiary/aromatic N) is 2. The maximum absolute atomic E-state index is 10.8. The summed E-state index contributed by atoms with van der Waals surface area (Å²) in [5.41, 5.74) is 0.179. The number of likely N-dealkylation sites (tertiary alicyclic amines) is 1. The highest BCUT2D eigenvalue weighted by atomic mass is 16.5. The first-order valence-corrected chi connectivity index (χ1v) is 7.80. The Hall–Kier alpha value is -1.89. The van der Waals surface area contributed by atoms with Gasteiger partial charge in [-0.25, -0.2) is 0 Å². The fourth-order valence-electron chi connectivity index (χ4n) is 3.00. The van der Waals surface area contributed by atoms with Crippen LogP contribution in [0.3, 0.4) is 0 Å². The van der Waals surface area contributed by atoms with E-state index >= 15 is 0 Å². The second-order valence-corrected chi connectivity index (χ2v) is 5.99. The van der Waals surface area contributed by atoms with Crippen molar-refractivity contribution in [3.05, 3.63) is 47.7 Å². The molecule has 1 fully saturated rings. The van der Waals surface area contributed by atoms with E-state index in [2.05, 4.69) is 10.1 Å². The zero-order valence-corrected chi connectivity index (χ0v) is 13.2. The maximum Gasteiger partial charge on any atom is 0.254 e. The molecule has 1 atom stereocenters. The summed E-state index contributed by atoms with van der Waals surface area (Å²) >= 11 is 0. The Kier molecular flexibility index (Phi) is 4.66. The van der Waals surface area contributed by atoms with Gasteiger partial charge in [-0.15, -0.1) is 0 Å². The Labute approximate surface area is 135 Å². The molecule has 2 heterocycles. The number of piperidine rings is 1. The summed E-state index contributed by atoms with van der Waals surface area (Å²) in [5, 5.41) is 24.7. The van der Waals surface area contributed by atoms with Gasteiger partial charge < -0.3 is 24.4 Å². The number of hydrogen-bond donors (Lipinski definition) is 2. The lowest BCUT2D eigenvalue weighted by atomic mass is 9.84. The first kappa shape index (κ1) is 16.0. The Morgan fingerprint density at radius 1 is 1.30 bits per heavy atom. The predicted octanol–water partition coefficient (Wildman–Crippen LogP) is 1.70. The zero-order valence-electron chi connectivity index (χ0n) is 13.2.